The number of carbonyl (C=O) groups excluding carboxylic acids is 2. The van der Waals surface area contributed by atoms with E-state index >= 15 is 0 Å². The van der Waals surface area contributed by atoms with Crippen molar-refractivity contribution in [2.24, 2.45) is 5.92 Å². The summed E-state index contributed by atoms with van der Waals surface area (Å²) in [4.78, 5) is 25.3. The molecular formula is C14H16ClNO3. The van der Waals surface area contributed by atoms with E-state index in [1.54, 1.807) is 0 Å². The highest BCUT2D eigenvalue weighted by Crippen LogP contribution is 2.18. The van der Waals surface area contributed by atoms with Gasteiger partial charge in [-0.05, 0) is 17.7 Å². The zero-order valence-corrected chi connectivity index (χ0v) is 11.5. The predicted molar refractivity (Wildman–Crippen MR) is 71.9 cm³/mol. The van der Waals surface area contributed by atoms with Gasteiger partial charge in [0.2, 0.25) is 0 Å². The number of methoxy groups -OCH3 is 1. The zero-order valence-electron chi connectivity index (χ0n) is 10.8. The van der Waals surface area contributed by atoms with Crippen LogP contribution in [-0.4, -0.2) is 36.9 Å². The number of rotatable bonds is 3. The Morgan fingerprint density at radius 2 is 2.32 bits per heavy atom. The van der Waals surface area contributed by atoms with E-state index in [1.807, 2.05) is 24.3 Å². The number of ether oxygens (including phenoxy) is 1. The maximum atomic E-state index is 11.7. The molecule has 1 aromatic rings. The van der Waals surface area contributed by atoms with Crippen LogP contribution < -0.4 is 0 Å². The Morgan fingerprint density at radius 3 is 3.00 bits per heavy atom. The first-order valence-electron chi connectivity index (χ1n) is 6.17. The summed E-state index contributed by atoms with van der Waals surface area (Å²) < 4.78 is 4.67. The molecule has 2 rings (SSSR count). The Hall–Kier alpha value is -1.39. The van der Waals surface area contributed by atoms with Crippen molar-refractivity contribution in [3.05, 3.63) is 34.9 Å². The molecule has 1 saturated heterocycles. The molecule has 0 amide bonds. The lowest BCUT2D eigenvalue weighted by atomic mass is 9.96. The highest BCUT2D eigenvalue weighted by molar-refractivity contribution is 6.30. The van der Waals surface area contributed by atoms with Crippen molar-refractivity contribution in [3.63, 3.8) is 0 Å². The van der Waals surface area contributed by atoms with Gasteiger partial charge in [-0.25, -0.2) is 0 Å². The molecule has 0 spiro atoms. The summed E-state index contributed by atoms with van der Waals surface area (Å²) in [6.07, 6.45) is 0.389. The molecule has 1 aromatic carbocycles. The van der Waals surface area contributed by atoms with Crippen LogP contribution in [0.15, 0.2) is 24.3 Å². The molecule has 4 nitrogen and oxygen atoms in total. The van der Waals surface area contributed by atoms with Gasteiger partial charge in [-0.3, -0.25) is 14.5 Å². The molecule has 0 bridgehead atoms. The summed E-state index contributed by atoms with van der Waals surface area (Å²) in [7, 11) is 1.31. The molecule has 19 heavy (non-hydrogen) atoms. The van der Waals surface area contributed by atoms with Crippen LogP contribution in [0.1, 0.15) is 12.0 Å². The van der Waals surface area contributed by atoms with Crippen LogP contribution in [0.2, 0.25) is 5.02 Å². The van der Waals surface area contributed by atoms with Crippen molar-refractivity contribution >= 4 is 23.4 Å². The smallest absolute Gasteiger partial charge is 0.317 e. The maximum Gasteiger partial charge on any atom is 0.317 e. The lowest BCUT2D eigenvalue weighted by molar-refractivity contribution is -0.152. The SMILES string of the molecule is COC(=O)C1CN(Cc2cccc(Cl)c2)CCC1=O. The van der Waals surface area contributed by atoms with Crippen molar-refractivity contribution in [1.82, 2.24) is 4.90 Å². The fourth-order valence-corrected chi connectivity index (χ4v) is 2.49. The fraction of sp³-hybridized carbons (Fsp3) is 0.429. The van der Waals surface area contributed by atoms with Gasteiger partial charge in [0.15, 0.2) is 0 Å². The van der Waals surface area contributed by atoms with E-state index in [-0.39, 0.29) is 5.78 Å². The molecule has 1 aliphatic rings. The first-order valence-corrected chi connectivity index (χ1v) is 6.55. The van der Waals surface area contributed by atoms with E-state index in [1.165, 1.54) is 7.11 Å². The molecule has 0 saturated carbocycles. The normalized spacial score (nSPS) is 20.3. The van der Waals surface area contributed by atoms with Gasteiger partial charge in [0, 0.05) is 31.1 Å². The number of halogens is 1. The first kappa shape index (κ1) is 14.0. The predicted octanol–water partition coefficient (Wildman–Crippen LogP) is 1.90. The average molecular weight is 282 g/mol. The zero-order chi connectivity index (χ0) is 13.8. The van der Waals surface area contributed by atoms with Crippen LogP contribution in [-0.2, 0) is 20.9 Å². The Bertz CT molecular complexity index is 481. The first-order chi connectivity index (χ1) is 9.10. The number of benzene rings is 1. The minimum atomic E-state index is -0.655. The van der Waals surface area contributed by atoms with Crippen LogP contribution in [0.25, 0.3) is 0 Å². The number of ketones is 1. The minimum Gasteiger partial charge on any atom is -0.468 e. The number of hydrogen-bond donors (Lipinski definition) is 0. The highest BCUT2D eigenvalue weighted by Gasteiger charge is 2.33. The molecule has 102 valence electrons. The molecule has 0 radical (unpaired) electrons. The van der Waals surface area contributed by atoms with E-state index in [0.29, 0.717) is 31.1 Å². The van der Waals surface area contributed by atoms with Gasteiger partial charge in [0.1, 0.15) is 11.7 Å². The maximum absolute atomic E-state index is 11.7. The Balaban J connectivity index is 2.02. The lowest BCUT2D eigenvalue weighted by Gasteiger charge is -2.30. The van der Waals surface area contributed by atoms with E-state index in [4.69, 9.17) is 11.6 Å². The molecule has 1 unspecified atom stereocenters. The number of likely N-dealkylation sites (tertiary alicyclic amines) is 1. The van der Waals surface area contributed by atoms with Gasteiger partial charge in [-0.2, -0.15) is 0 Å². The van der Waals surface area contributed by atoms with E-state index in [0.717, 1.165) is 5.56 Å². The fourth-order valence-electron chi connectivity index (χ4n) is 2.28. The molecule has 1 fully saturated rings. The summed E-state index contributed by atoms with van der Waals surface area (Å²) in [5, 5.41) is 0.690. The number of nitrogens with zero attached hydrogens (tertiary/aromatic N) is 1. The van der Waals surface area contributed by atoms with Crippen molar-refractivity contribution in [2.75, 3.05) is 20.2 Å². The van der Waals surface area contributed by atoms with Crippen LogP contribution in [0.4, 0.5) is 0 Å². The van der Waals surface area contributed by atoms with Gasteiger partial charge in [-0.15, -0.1) is 0 Å². The molecule has 0 aliphatic carbocycles. The third kappa shape index (κ3) is 3.55. The Kier molecular flexibility index (Phi) is 4.56. The molecule has 1 aliphatic heterocycles. The number of hydrogen-bond acceptors (Lipinski definition) is 4. The van der Waals surface area contributed by atoms with Gasteiger partial charge in [0.05, 0.1) is 7.11 Å². The van der Waals surface area contributed by atoms with Crippen LogP contribution in [0.5, 0.6) is 0 Å². The lowest BCUT2D eigenvalue weighted by Crippen LogP contribution is -2.44. The number of piperidine rings is 1. The van der Waals surface area contributed by atoms with Crippen molar-refractivity contribution in [1.29, 1.82) is 0 Å². The van der Waals surface area contributed by atoms with Crippen molar-refractivity contribution in [2.45, 2.75) is 13.0 Å². The number of carbonyl (C=O) groups is 2. The van der Waals surface area contributed by atoms with Crippen LogP contribution in [0.3, 0.4) is 0 Å². The molecule has 0 aromatic heterocycles. The number of esters is 1. The van der Waals surface area contributed by atoms with Gasteiger partial charge in [0.25, 0.3) is 0 Å². The third-order valence-electron chi connectivity index (χ3n) is 3.28. The topological polar surface area (TPSA) is 46.6 Å². The van der Waals surface area contributed by atoms with Gasteiger partial charge >= 0.3 is 5.97 Å². The second kappa shape index (κ2) is 6.17. The summed E-state index contributed by atoms with van der Waals surface area (Å²) in [6, 6.07) is 7.59. The Morgan fingerprint density at radius 1 is 1.53 bits per heavy atom. The Labute approximate surface area is 117 Å². The largest absolute Gasteiger partial charge is 0.468 e. The standard InChI is InChI=1S/C14H16ClNO3/c1-19-14(18)12-9-16(6-5-13(12)17)8-10-3-2-4-11(15)7-10/h2-4,7,12H,5-6,8-9H2,1H3. The summed E-state index contributed by atoms with van der Waals surface area (Å²) in [5.41, 5.74) is 1.07. The monoisotopic (exact) mass is 281 g/mol. The van der Waals surface area contributed by atoms with Gasteiger partial charge < -0.3 is 4.74 Å². The molecule has 0 N–H and O–H groups in total. The molecule has 5 heteroatoms. The number of Topliss-reactive ketones (excluding diaryl/α,β-unsaturated/α-hetero) is 1. The minimum absolute atomic E-state index is 0.0332. The van der Waals surface area contributed by atoms with E-state index < -0.39 is 11.9 Å². The van der Waals surface area contributed by atoms with E-state index in [9.17, 15) is 9.59 Å². The summed E-state index contributed by atoms with van der Waals surface area (Å²) in [6.45, 7) is 1.76. The quantitative estimate of drug-likeness (QED) is 0.627. The summed E-state index contributed by atoms with van der Waals surface area (Å²) in [5.74, 6) is -1.13. The molecule has 1 atom stereocenters. The summed E-state index contributed by atoms with van der Waals surface area (Å²) >= 11 is 5.94. The van der Waals surface area contributed by atoms with Crippen molar-refractivity contribution in [3.8, 4) is 0 Å². The molecular weight excluding hydrogens is 266 g/mol. The van der Waals surface area contributed by atoms with Gasteiger partial charge in [-0.1, -0.05) is 23.7 Å². The average Bonchev–Trinajstić information content (AvgIpc) is 2.40. The third-order valence-corrected chi connectivity index (χ3v) is 3.52. The second-order valence-electron chi connectivity index (χ2n) is 4.66. The highest BCUT2D eigenvalue weighted by atomic mass is 35.5. The van der Waals surface area contributed by atoms with Crippen LogP contribution in [0, 0.1) is 5.92 Å². The van der Waals surface area contributed by atoms with Crippen LogP contribution >= 0.6 is 11.6 Å². The second-order valence-corrected chi connectivity index (χ2v) is 5.09. The van der Waals surface area contributed by atoms with Crippen molar-refractivity contribution < 1.29 is 14.3 Å². The molecule has 1 heterocycles. The van der Waals surface area contributed by atoms with E-state index in [2.05, 4.69) is 9.64 Å².